The standard InChI is InChI=1S/C24H39NO7/c1-24(2,3)11-10-18(27)20(29)21(30)22(32-4)19(28)15-17(23(31)25-12-13-26)14-16-8-6-5-7-9-16/h5-6,8,10-11,17-18,20-22,26-27,29-30H,7,9,12-15H2,1-4H3,(H,25,31)/b11-10+/t17-,18-,20+,21-,22+/m1/s1. The largest absolute Gasteiger partial charge is 0.395 e. The molecule has 8 heteroatoms. The molecule has 0 aromatic carbocycles. The fourth-order valence-corrected chi connectivity index (χ4v) is 3.42. The number of carbonyl (C=O) groups excluding carboxylic acids is 2. The third kappa shape index (κ3) is 9.75. The van der Waals surface area contributed by atoms with Gasteiger partial charge in [0, 0.05) is 26.0 Å². The lowest BCUT2D eigenvalue weighted by Gasteiger charge is -2.28. The van der Waals surface area contributed by atoms with E-state index in [1.54, 1.807) is 6.08 Å². The van der Waals surface area contributed by atoms with Crippen molar-refractivity contribution in [1.29, 1.82) is 0 Å². The Morgan fingerprint density at radius 3 is 2.44 bits per heavy atom. The van der Waals surface area contributed by atoms with Crippen LogP contribution in [0.4, 0.5) is 0 Å². The number of aliphatic hydroxyl groups excluding tert-OH is 4. The average Bonchev–Trinajstić information content (AvgIpc) is 2.75. The summed E-state index contributed by atoms with van der Waals surface area (Å²) in [6, 6.07) is 0. The van der Waals surface area contributed by atoms with Gasteiger partial charge in [-0.2, -0.15) is 0 Å². The van der Waals surface area contributed by atoms with Crippen LogP contribution in [0.15, 0.2) is 36.0 Å². The van der Waals surface area contributed by atoms with Gasteiger partial charge in [0.15, 0.2) is 5.78 Å². The number of Topliss-reactive ketones (excluding diaryl/α,β-unsaturated/α-hetero) is 1. The quantitative estimate of drug-likeness (QED) is 0.263. The Labute approximate surface area is 190 Å². The molecule has 8 nitrogen and oxygen atoms in total. The van der Waals surface area contributed by atoms with Crippen LogP contribution in [0.2, 0.25) is 0 Å². The molecule has 0 aliphatic heterocycles. The van der Waals surface area contributed by atoms with E-state index in [2.05, 4.69) is 5.32 Å². The summed E-state index contributed by atoms with van der Waals surface area (Å²) < 4.78 is 5.15. The Kier molecular flexibility index (Phi) is 12.0. The van der Waals surface area contributed by atoms with Crippen LogP contribution in [0, 0.1) is 11.3 Å². The van der Waals surface area contributed by atoms with Crippen molar-refractivity contribution in [3.63, 3.8) is 0 Å². The second-order valence-corrected chi connectivity index (χ2v) is 9.23. The predicted octanol–water partition coefficient (Wildman–Crippen LogP) is 1.04. The van der Waals surface area contributed by atoms with Crippen molar-refractivity contribution in [2.75, 3.05) is 20.3 Å². The molecule has 0 heterocycles. The summed E-state index contributed by atoms with van der Waals surface area (Å²) in [5, 5.41) is 42.7. The van der Waals surface area contributed by atoms with E-state index in [1.165, 1.54) is 13.2 Å². The summed E-state index contributed by atoms with van der Waals surface area (Å²) in [4.78, 5) is 25.5. The van der Waals surface area contributed by atoms with Gasteiger partial charge in [0.2, 0.25) is 5.91 Å². The number of ketones is 1. The van der Waals surface area contributed by atoms with Gasteiger partial charge in [-0.15, -0.1) is 0 Å². The normalized spacial score (nSPS) is 19.2. The number of carbonyl (C=O) groups is 2. The maximum absolute atomic E-state index is 12.9. The van der Waals surface area contributed by atoms with E-state index in [0.29, 0.717) is 6.42 Å². The zero-order chi connectivity index (χ0) is 24.3. The van der Waals surface area contributed by atoms with E-state index in [0.717, 1.165) is 18.4 Å². The Hall–Kier alpha value is -1.84. The van der Waals surface area contributed by atoms with E-state index in [-0.39, 0.29) is 30.9 Å². The lowest BCUT2D eigenvalue weighted by molar-refractivity contribution is -0.149. The number of methoxy groups -OCH3 is 1. The molecular weight excluding hydrogens is 414 g/mol. The predicted molar refractivity (Wildman–Crippen MR) is 122 cm³/mol. The third-order valence-corrected chi connectivity index (χ3v) is 5.21. The fraction of sp³-hybridized carbons (Fsp3) is 0.667. The number of nitrogens with one attached hydrogen (secondary N) is 1. The van der Waals surface area contributed by atoms with E-state index in [9.17, 15) is 24.9 Å². The van der Waals surface area contributed by atoms with Crippen molar-refractivity contribution in [1.82, 2.24) is 5.32 Å². The molecule has 0 radical (unpaired) electrons. The van der Waals surface area contributed by atoms with Gasteiger partial charge in [0.05, 0.1) is 6.61 Å². The Balaban J connectivity index is 2.91. The first-order chi connectivity index (χ1) is 15.0. The first kappa shape index (κ1) is 28.2. The van der Waals surface area contributed by atoms with Crippen LogP contribution in [0.3, 0.4) is 0 Å². The second kappa shape index (κ2) is 13.6. The molecule has 0 saturated carbocycles. The molecule has 1 rings (SSSR count). The second-order valence-electron chi connectivity index (χ2n) is 9.23. The van der Waals surface area contributed by atoms with E-state index in [4.69, 9.17) is 9.84 Å². The molecule has 1 aliphatic carbocycles. The molecule has 182 valence electrons. The van der Waals surface area contributed by atoms with Crippen LogP contribution >= 0.6 is 0 Å². The van der Waals surface area contributed by atoms with Crippen LogP contribution in [-0.2, 0) is 14.3 Å². The van der Waals surface area contributed by atoms with Gasteiger partial charge in [-0.05, 0) is 24.7 Å². The van der Waals surface area contributed by atoms with Crippen LogP contribution in [0.25, 0.3) is 0 Å². The Morgan fingerprint density at radius 1 is 1.22 bits per heavy atom. The highest BCUT2D eigenvalue weighted by Gasteiger charge is 2.37. The van der Waals surface area contributed by atoms with Gasteiger partial charge in [0.25, 0.3) is 0 Å². The van der Waals surface area contributed by atoms with Crippen LogP contribution in [0.5, 0.6) is 0 Å². The summed E-state index contributed by atoms with van der Waals surface area (Å²) in [7, 11) is 1.23. The third-order valence-electron chi connectivity index (χ3n) is 5.21. The zero-order valence-electron chi connectivity index (χ0n) is 19.5. The number of rotatable bonds is 13. The minimum absolute atomic E-state index is 0.0732. The molecule has 0 unspecified atom stereocenters. The molecule has 0 aromatic rings. The summed E-state index contributed by atoms with van der Waals surface area (Å²) >= 11 is 0. The highest BCUT2D eigenvalue weighted by Crippen LogP contribution is 2.24. The first-order valence-corrected chi connectivity index (χ1v) is 11.0. The minimum atomic E-state index is -1.68. The zero-order valence-corrected chi connectivity index (χ0v) is 19.5. The summed E-state index contributed by atoms with van der Waals surface area (Å²) in [6.45, 7) is 5.60. The summed E-state index contributed by atoms with van der Waals surface area (Å²) in [6.07, 6.45) is 4.60. The van der Waals surface area contributed by atoms with Crippen LogP contribution < -0.4 is 5.32 Å². The van der Waals surface area contributed by atoms with Crippen molar-refractivity contribution in [3.8, 4) is 0 Å². The fourth-order valence-electron chi connectivity index (χ4n) is 3.42. The Morgan fingerprint density at radius 2 is 1.91 bits per heavy atom. The molecule has 1 amide bonds. The number of hydrogen-bond acceptors (Lipinski definition) is 7. The highest BCUT2D eigenvalue weighted by molar-refractivity contribution is 5.89. The van der Waals surface area contributed by atoms with E-state index < -0.39 is 36.1 Å². The van der Waals surface area contributed by atoms with Gasteiger partial charge in [-0.3, -0.25) is 9.59 Å². The topological polar surface area (TPSA) is 136 Å². The molecule has 32 heavy (non-hydrogen) atoms. The molecule has 0 aromatic heterocycles. The highest BCUT2D eigenvalue weighted by atomic mass is 16.5. The van der Waals surface area contributed by atoms with Gasteiger partial charge < -0.3 is 30.5 Å². The van der Waals surface area contributed by atoms with Crippen molar-refractivity contribution in [2.24, 2.45) is 11.3 Å². The Bertz CT molecular complexity index is 693. The van der Waals surface area contributed by atoms with E-state index >= 15 is 0 Å². The summed E-state index contributed by atoms with van der Waals surface area (Å²) in [5.74, 6) is -1.64. The van der Waals surface area contributed by atoms with Crippen LogP contribution in [0.1, 0.15) is 46.5 Å². The van der Waals surface area contributed by atoms with Crippen molar-refractivity contribution in [3.05, 3.63) is 36.0 Å². The molecule has 5 atom stereocenters. The maximum atomic E-state index is 12.9. The number of amides is 1. The van der Waals surface area contributed by atoms with Gasteiger partial charge in [0.1, 0.15) is 24.4 Å². The van der Waals surface area contributed by atoms with Crippen molar-refractivity contribution < 1.29 is 34.8 Å². The lowest BCUT2D eigenvalue weighted by Crippen LogP contribution is -2.49. The minimum Gasteiger partial charge on any atom is -0.395 e. The van der Waals surface area contributed by atoms with Crippen molar-refractivity contribution >= 4 is 11.7 Å². The summed E-state index contributed by atoms with van der Waals surface area (Å²) in [5.41, 5.74) is 0.794. The van der Waals surface area contributed by atoms with Gasteiger partial charge in [-0.1, -0.05) is 56.7 Å². The molecule has 0 spiro atoms. The first-order valence-electron chi connectivity index (χ1n) is 11.0. The molecule has 0 saturated heterocycles. The molecule has 5 N–H and O–H groups in total. The number of hydrogen-bond donors (Lipinski definition) is 5. The monoisotopic (exact) mass is 453 g/mol. The molecular formula is C24H39NO7. The SMILES string of the molecule is CO[C@@H](C(=O)C[C@@H](CC1=CC=CCC1)C(=O)NCCO)[C@H](O)[C@@H](O)[C@H](O)/C=C/C(C)(C)C. The number of ether oxygens (including phenoxy) is 1. The number of allylic oxidation sites excluding steroid dienone is 5. The maximum Gasteiger partial charge on any atom is 0.223 e. The lowest BCUT2D eigenvalue weighted by atomic mass is 9.87. The molecule has 1 aliphatic rings. The molecule has 0 bridgehead atoms. The van der Waals surface area contributed by atoms with E-state index in [1.807, 2.05) is 39.0 Å². The number of aliphatic hydroxyl groups is 4. The molecule has 0 fully saturated rings. The average molecular weight is 454 g/mol. The van der Waals surface area contributed by atoms with Gasteiger partial charge >= 0.3 is 0 Å². The van der Waals surface area contributed by atoms with Gasteiger partial charge in [-0.25, -0.2) is 0 Å². The van der Waals surface area contributed by atoms with Crippen molar-refractivity contribution in [2.45, 2.75) is 70.9 Å². The smallest absolute Gasteiger partial charge is 0.223 e. The van der Waals surface area contributed by atoms with Crippen LogP contribution in [-0.4, -0.2) is 76.8 Å².